The zero-order valence-electron chi connectivity index (χ0n) is 12.3. The second kappa shape index (κ2) is 7.28. The fraction of sp³-hybridized carbons (Fsp3) is 0.714. The number of ether oxygens (including phenoxy) is 1. The number of nitrogens with one attached hydrogen (secondary N) is 2. The topological polar surface area (TPSA) is 68.2 Å². The van der Waals surface area contributed by atoms with Crippen molar-refractivity contribution in [1.82, 2.24) is 20.2 Å². The van der Waals surface area contributed by atoms with E-state index in [1.165, 1.54) is 0 Å². The molecular weight excluding hydrogens is 256 g/mol. The lowest BCUT2D eigenvalue weighted by Gasteiger charge is -2.12. The molecule has 0 spiro atoms. The fourth-order valence-corrected chi connectivity index (χ4v) is 2.27. The zero-order valence-corrected chi connectivity index (χ0v) is 12.3. The first-order chi connectivity index (χ1) is 9.65. The number of rotatable bonds is 6. The van der Waals surface area contributed by atoms with Gasteiger partial charge in [-0.05, 0) is 12.3 Å². The maximum absolute atomic E-state index is 11.7. The molecule has 112 valence electrons. The number of imidazole rings is 1. The van der Waals surface area contributed by atoms with Gasteiger partial charge in [0.1, 0.15) is 5.82 Å². The molecule has 1 aliphatic heterocycles. The van der Waals surface area contributed by atoms with Crippen LogP contribution in [0.5, 0.6) is 0 Å². The molecule has 2 heterocycles. The molecule has 1 aliphatic rings. The number of amides is 2. The summed E-state index contributed by atoms with van der Waals surface area (Å²) in [4.78, 5) is 16.0. The summed E-state index contributed by atoms with van der Waals surface area (Å²) >= 11 is 0. The van der Waals surface area contributed by atoms with E-state index in [0.29, 0.717) is 24.9 Å². The van der Waals surface area contributed by atoms with Crippen LogP contribution >= 0.6 is 0 Å². The van der Waals surface area contributed by atoms with Gasteiger partial charge >= 0.3 is 6.03 Å². The number of hydrogen-bond acceptors (Lipinski definition) is 3. The van der Waals surface area contributed by atoms with E-state index in [1.807, 2.05) is 6.20 Å². The van der Waals surface area contributed by atoms with Crippen LogP contribution in [0.25, 0.3) is 0 Å². The summed E-state index contributed by atoms with van der Waals surface area (Å²) in [5.74, 6) is 1.89. The molecule has 0 aromatic carbocycles. The first-order valence-corrected chi connectivity index (χ1v) is 7.24. The Hall–Kier alpha value is -1.56. The lowest BCUT2D eigenvalue weighted by atomic mass is 10.1. The van der Waals surface area contributed by atoms with Crippen LogP contribution in [0.2, 0.25) is 0 Å². The van der Waals surface area contributed by atoms with Crippen molar-refractivity contribution in [3.8, 4) is 0 Å². The van der Waals surface area contributed by atoms with Gasteiger partial charge in [-0.25, -0.2) is 9.78 Å². The van der Waals surface area contributed by atoms with Crippen LogP contribution < -0.4 is 10.6 Å². The first kappa shape index (κ1) is 14.8. The Labute approximate surface area is 119 Å². The van der Waals surface area contributed by atoms with Crippen molar-refractivity contribution >= 4 is 6.03 Å². The monoisotopic (exact) mass is 280 g/mol. The van der Waals surface area contributed by atoms with Crippen LogP contribution in [0, 0.1) is 11.8 Å². The molecule has 1 atom stereocenters. The van der Waals surface area contributed by atoms with Gasteiger partial charge in [0.2, 0.25) is 0 Å². The maximum atomic E-state index is 11.7. The van der Waals surface area contributed by atoms with Gasteiger partial charge in [0.05, 0.1) is 13.2 Å². The number of aromatic nitrogens is 2. The summed E-state index contributed by atoms with van der Waals surface area (Å²) < 4.78 is 7.35. The molecule has 1 aromatic rings. The second-order valence-corrected chi connectivity index (χ2v) is 5.68. The summed E-state index contributed by atoms with van der Waals surface area (Å²) in [5.41, 5.74) is 0. The van der Waals surface area contributed by atoms with Crippen molar-refractivity contribution in [3.05, 3.63) is 18.2 Å². The van der Waals surface area contributed by atoms with Gasteiger partial charge in [0, 0.05) is 38.0 Å². The van der Waals surface area contributed by atoms with E-state index >= 15 is 0 Å². The number of carbonyl (C=O) groups is 1. The second-order valence-electron chi connectivity index (χ2n) is 5.68. The summed E-state index contributed by atoms with van der Waals surface area (Å²) in [7, 11) is 0. The number of carbonyl (C=O) groups excluding carboxylic acids is 1. The minimum Gasteiger partial charge on any atom is -0.381 e. The van der Waals surface area contributed by atoms with Gasteiger partial charge in [0.25, 0.3) is 0 Å². The number of nitrogens with zero attached hydrogens (tertiary/aromatic N) is 2. The molecule has 6 nitrogen and oxygen atoms in total. The molecular formula is C14H24N4O2. The molecule has 1 fully saturated rings. The molecule has 1 unspecified atom stereocenters. The molecule has 0 saturated carbocycles. The van der Waals surface area contributed by atoms with E-state index in [0.717, 1.165) is 32.0 Å². The van der Waals surface area contributed by atoms with Gasteiger partial charge in [0.15, 0.2) is 0 Å². The van der Waals surface area contributed by atoms with E-state index in [1.54, 1.807) is 6.20 Å². The van der Waals surface area contributed by atoms with Crippen LogP contribution in [0.3, 0.4) is 0 Å². The normalized spacial score (nSPS) is 18.4. The van der Waals surface area contributed by atoms with Gasteiger partial charge in [-0.15, -0.1) is 0 Å². The standard InChI is InChI=1S/C14H24N4O2/c1-11(2)9-18-5-4-15-13(18)8-17-14(19)16-7-12-3-6-20-10-12/h4-5,11-12H,3,6-10H2,1-2H3,(H2,16,17,19). The quantitative estimate of drug-likeness (QED) is 0.827. The Kier molecular flexibility index (Phi) is 5.40. The summed E-state index contributed by atoms with van der Waals surface area (Å²) in [6, 6.07) is -0.143. The number of hydrogen-bond donors (Lipinski definition) is 2. The number of urea groups is 1. The van der Waals surface area contributed by atoms with Crippen molar-refractivity contribution in [2.24, 2.45) is 11.8 Å². The lowest BCUT2D eigenvalue weighted by molar-refractivity contribution is 0.185. The molecule has 1 aromatic heterocycles. The molecule has 2 amide bonds. The predicted octanol–water partition coefficient (Wildman–Crippen LogP) is 1.37. The summed E-state index contributed by atoms with van der Waals surface area (Å²) in [6.45, 7) is 7.91. The van der Waals surface area contributed by atoms with E-state index in [9.17, 15) is 4.79 Å². The average Bonchev–Trinajstić information content (AvgIpc) is 3.04. The highest BCUT2D eigenvalue weighted by Crippen LogP contribution is 2.10. The highest BCUT2D eigenvalue weighted by molar-refractivity contribution is 5.73. The van der Waals surface area contributed by atoms with Crippen molar-refractivity contribution < 1.29 is 9.53 Å². The Morgan fingerprint density at radius 1 is 1.55 bits per heavy atom. The fourth-order valence-electron chi connectivity index (χ4n) is 2.27. The van der Waals surface area contributed by atoms with Gasteiger partial charge in [-0.1, -0.05) is 13.8 Å². The third-order valence-electron chi connectivity index (χ3n) is 3.35. The van der Waals surface area contributed by atoms with Crippen molar-refractivity contribution in [3.63, 3.8) is 0 Å². The van der Waals surface area contributed by atoms with Gasteiger partial charge in [-0.2, -0.15) is 0 Å². The summed E-state index contributed by atoms with van der Waals surface area (Å²) in [6.07, 6.45) is 4.75. The van der Waals surface area contributed by atoms with Crippen LogP contribution in [-0.4, -0.2) is 35.3 Å². The average molecular weight is 280 g/mol. The lowest BCUT2D eigenvalue weighted by Crippen LogP contribution is -2.38. The molecule has 6 heteroatoms. The third-order valence-corrected chi connectivity index (χ3v) is 3.35. The van der Waals surface area contributed by atoms with Crippen LogP contribution in [0.4, 0.5) is 4.79 Å². The Morgan fingerprint density at radius 2 is 2.40 bits per heavy atom. The first-order valence-electron chi connectivity index (χ1n) is 7.24. The molecule has 2 N–H and O–H groups in total. The van der Waals surface area contributed by atoms with E-state index in [-0.39, 0.29) is 6.03 Å². The van der Waals surface area contributed by atoms with Crippen molar-refractivity contribution in [1.29, 1.82) is 0 Å². The van der Waals surface area contributed by atoms with Crippen molar-refractivity contribution in [2.45, 2.75) is 33.4 Å². The molecule has 0 radical (unpaired) electrons. The molecule has 2 rings (SSSR count). The Balaban J connectivity index is 1.71. The van der Waals surface area contributed by atoms with Crippen LogP contribution in [0.15, 0.2) is 12.4 Å². The Bertz CT molecular complexity index is 425. The van der Waals surface area contributed by atoms with Crippen LogP contribution in [-0.2, 0) is 17.8 Å². The molecule has 1 saturated heterocycles. The maximum Gasteiger partial charge on any atom is 0.315 e. The Morgan fingerprint density at radius 3 is 3.10 bits per heavy atom. The minimum absolute atomic E-state index is 0.143. The highest BCUT2D eigenvalue weighted by Gasteiger charge is 2.16. The van der Waals surface area contributed by atoms with E-state index in [4.69, 9.17) is 4.74 Å². The van der Waals surface area contributed by atoms with Crippen LogP contribution in [0.1, 0.15) is 26.1 Å². The van der Waals surface area contributed by atoms with E-state index < -0.39 is 0 Å². The van der Waals surface area contributed by atoms with Gasteiger partial charge < -0.3 is 19.9 Å². The zero-order chi connectivity index (χ0) is 14.4. The third kappa shape index (κ3) is 4.52. The molecule has 0 aliphatic carbocycles. The minimum atomic E-state index is -0.143. The highest BCUT2D eigenvalue weighted by atomic mass is 16.5. The van der Waals surface area contributed by atoms with Gasteiger partial charge in [-0.3, -0.25) is 0 Å². The van der Waals surface area contributed by atoms with Crippen molar-refractivity contribution in [2.75, 3.05) is 19.8 Å². The molecule has 0 bridgehead atoms. The predicted molar refractivity (Wildman–Crippen MR) is 76.2 cm³/mol. The SMILES string of the molecule is CC(C)Cn1ccnc1CNC(=O)NCC1CCOC1. The summed E-state index contributed by atoms with van der Waals surface area (Å²) in [5, 5.41) is 5.73. The largest absolute Gasteiger partial charge is 0.381 e. The molecule has 20 heavy (non-hydrogen) atoms. The van der Waals surface area contributed by atoms with E-state index in [2.05, 4.69) is 34.0 Å². The smallest absolute Gasteiger partial charge is 0.315 e.